The third kappa shape index (κ3) is 9.57. The highest BCUT2D eigenvalue weighted by Crippen LogP contribution is 2.54. The van der Waals surface area contributed by atoms with Crippen LogP contribution in [0.1, 0.15) is 85.5 Å². The van der Waals surface area contributed by atoms with Gasteiger partial charge < -0.3 is 42.8 Å². The summed E-state index contributed by atoms with van der Waals surface area (Å²) in [5.41, 5.74) is 0.753. The Kier molecular flexibility index (Phi) is 15.0. The summed E-state index contributed by atoms with van der Waals surface area (Å²) in [6.07, 6.45) is 12.0. The smallest absolute Gasteiger partial charge is 0.306 e. The fourth-order valence-corrected chi connectivity index (χ4v) is 10.7. The normalized spacial score (nSPS) is 43.7. The van der Waals surface area contributed by atoms with Crippen molar-refractivity contribution >= 4 is 40.1 Å². The van der Waals surface area contributed by atoms with Crippen LogP contribution in [0.15, 0.2) is 23.8 Å². The summed E-state index contributed by atoms with van der Waals surface area (Å²) in [6.45, 7) is 8.13. The van der Waals surface area contributed by atoms with Gasteiger partial charge in [0.2, 0.25) is 4.38 Å². The number of cyclic esters (lactones) is 1. The maximum Gasteiger partial charge on any atom is 0.306 e. The number of esters is 1. The molecule has 0 aromatic carbocycles. The predicted octanol–water partition coefficient (Wildman–Crippen LogP) is 6.51. The Balaban J connectivity index is 1.19. The van der Waals surface area contributed by atoms with Crippen LogP contribution in [0.4, 0.5) is 0 Å². The van der Waals surface area contributed by atoms with Crippen LogP contribution in [0.5, 0.6) is 0 Å². The highest BCUT2D eigenvalue weighted by Gasteiger charge is 2.53. The molecule has 17 atom stereocenters. The lowest BCUT2D eigenvalue weighted by atomic mass is 9.70. The van der Waals surface area contributed by atoms with Crippen LogP contribution in [0.25, 0.3) is 0 Å². The first kappa shape index (κ1) is 43.2. The van der Waals surface area contributed by atoms with Crippen molar-refractivity contribution in [2.45, 2.75) is 153 Å². The van der Waals surface area contributed by atoms with Crippen LogP contribution in [0.3, 0.4) is 0 Å². The van der Waals surface area contributed by atoms with Gasteiger partial charge in [-0.2, -0.15) is 0 Å². The Hall–Kier alpha value is -1.42. The van der Waals surface area contributed by atoms with Gasteiger partial charge in [-0.3, -0.25) is 9.59 Å². The number of hydrogen-bond acceptors (Lipinski definition) is 13. The van der Waals surface area contributed by atoms with Gasteiger partial charge in [-0.15, -0.1) is 0 Å². The van der Waals surface area contributed by atoms with Crippen molar-refractivity contribution in [3.8, 4) is 0 Å². The van der Waals surface area contributed by atoms with Crippen LogP contribution in [-0.2, 0) is 47.5 Å². The molecule has 4 fully saturated rings. The molecule has 6 aliphatic rings. The van der Waals surface area contributed by atoms with Crippen LogP contribution in [0, 0.1) is 35.5 Å². The monoisotopic (exact) mass is 807 g/mol. The van der Waals surface area contributed by atoms with Crippen LogP contribution in [0.2, 0.25) is 0 Å². The molecule has 11 nitrogen and oxygen atoms in total. The molecule has 3 heterocycles. The largest absolute Gasteiger partial charge is 0.470 e. The van der Waals surface area contributed by atoms with Crippen molar-refractivity contribution in [2.75, 3.05) is 34.6 Å². The van der Waals surface area contributed by atoms with Crippen LogP contribution in [-0.4, -0.2) is 123 Å². The standard InChI is InChI=1S/C42H65NO10S2/c1-10-26-12-11-13-34(52-36-17-16-33(43(5)6)23(3)48-36)22(2)37(45)32-20-30-28(31(32)21-35(44)50-26)15-14-25-18-27(19-29(25)30)51-41-40(47-8)39(46-7)38(24(4)49-41)53-42(54)55-9/h14-15,20,22-31,33-34,36,38-41H,10-13,16-19,21H2,1-9H3/t22-,23-,24+,25-,26+,27-,28-,29-,30-,31+,33+,34+,36+,38+,39-,40-,41+/m1/s1. The van der Waals surface area contributed by atoms with E-state index < -0.39 is 24.6 Å². The van der Waals surface area contributed by atoms with Crippen molar-refractivity contribution in [1.82, 2.24) is 4.90 Å². The number of carbonyl (C=O) groups is 2. The number of hydrogen-bond donors (Lipinski definition) is 0. The lowest BCUT2D eigenvalue weighted by molar-refractivity contribution is -0.309. The second-order valence-corrected chi connectivity index (χ2v) is 18.2. The number of carbonyl (C=O) groups excluding carboxylic acids is 2. The van der Waals surface area contributed by atoms with Crippen molar-refractivity contribution < 1.29 is 47.5 Å². The summed E-state index contributed by atoms with van der Waals surface area (Å²) in [4.78, 5) is 30.5. The maximum atomic E-state index is 14.7. The average Bonchev–Trinajstić information content (AvgIpc) is 3.74. The summed E-state index contributed by atoms with van der Waals surface area (Å²) in [6, 6.07) is 0.332. The van der Waals surface area contributed by atoms with Gasteiger partial charge in [0.1, 0.15) is 18.3 Å². The zero-order chi connectivity index (χ0) is 39.6. The fourth-order valence-electron chi connectivity index (χ4n) is 10.4. The number of likely N-dealkylation sites (N-methyl/N-ethyl adjacent to an activating group) is 1. The number of thiocarbonyl (C=S) groups is 1. The zero-order valence-corrected chi connectivity index (χ0v) is 35.9. The highest BCUT2D eigenvalue weighted by molar-refractivity contribution is 8.22. The number of ether oxygens (including phenoxy) is 8. The Bertz CT molecular complexity index is 1410. The molecular weight excluding hydrogens is 743 g/mol. The SMILES string of the molecule is CC[C@H]1CCC[C@H](O[C@H]2CC[C@H](N(C)C)[C@@H](C)O2)[C@@H](C)C(=O)C2=C[C@@H]3[C@@H](C=C[C@@H]4C[C@@H](O[C@@H]5O[C@@H](C)[C@H](OC(=S)SC)[C@@H](OC)[C@H]5OC)C[C@@H]34)[C@@H]2CC(=O)O1. The topological polar surface area (TPSA) is 111 Å². The molecule has 1 saturated carbocycles. The fraction of sp³-hybridized carbons (Fsp3) is 0.833. The first-order chi connectivity index (χ1) is 26.4. The van der Waals surface area contributed by atoms with E-state index in [1.54, 1.807) is 14.2 Å². The second kappa shape index (κ2) is 19.1. The summed E-state index contributed by atoms with van der Waals surface area (Å²) < 4.78 is 50.6. The second-order valence-electron chi connectivity index (χ2n) is 16.8. The number of rotatable bonds is 9. The minimum atomic E-state index is -0.653. The van der Waals surface area contributed by atoms with E-state index >= 15 is 0 Å². The van der Waals surface area contributed by atoms with Gasteiger partial charge in [-0.1, -0.05) is 43.8 Å². The van der Waals surface area contributed by atoms with E-state index in [0.717, 1.165) is 50.5 Å². The molecule has 0 aromatic heterocycles. The molecule has 0 unspecified atom stereocenters. The van der Waals surface area contributed by atoms with Gasteiger partial charge in [0.05, 0.1) is 30.8 Å². The predicted molar refractivity (Wildman–Crippen MR) is 214 cm³/mol. The molecule has 310 valence electrons. The highest BCUT2D eigenvalue weighted by atomic mass is 32.2. The molecule has 0 N–H and O–H groups in total. The number of fused-ring (bicyclic) bond motifs is 5. The number of methoxy groups -OCH3 is 2. The number of nitrogens with zero attached hydrogens (tertiary/aromatic N) is 1. The summed E-state index contributed by atoms with van der Waals surface area (Å²) in [5.74, 6) is -0.113. The Morgan fingerprint density at radius 1 is 0.927 bits per heavy atom. The molecule has 0 aromatic rings. The van der Waals surface area contributed by atoms with Gasteiger partial charge in [-0.05, 0) is 127 Å². The Morgan fingerprint density at radius 2 is 1.69 bits per heavy atom. The van der Waals surface area contributed by atoms with E-state index in [1.807, 2.05) is 20.1 Å². The van der Waals surface area contributed by atoms with Crippen LogP contribution < -0.4 is 0 Å². The first-order valence-corrected chi connectivity index (χ1v) is 22.2. The number of ketones is 1. The molecule has 3 aliphatic heterocycles. The summed E-state index contributed by atoms with van der Waals surface area (Å²) >= 11 is 6.72. The third-order valence-corrected chi connectivity index (χ3v) is 14.4. The lowest BCUT2D eigenvalue weighted by Gasteiger charge is -2.44. The molecule has 3 saturated heterocycles. The quantitative estimate of drug-likeness (QED) is 0.144. The van der Waals surface area contributed by atoms with Crippen molar-refractivity contribution in [3.05, 3.63) is 23.8 Å². The Morgan fingerprint density at radius 3 is 2.36 bits per heavy atom. The molecule has 0 radical (unpaired) electrons. The summed E-state index contributed by atoms with van der Waals surface area (Å²) in [7, 11) is 7.45. The van der Waals surface area contributed by atoms with E-state index in [0.29, 0.717) is 16.8 Å². The average molecular weight is 808 g/mol. The van der Waals surface area contributed by atoms with E-state index in [9.17, 15) is 9.59 Å². The van der Waals surface area contributed by atoms with E-state index in [-0.39, 0.29) is 90.5 Å². The Labute approximate surface area is 338 Å². The number of Topliss-reactive ketones (excluding diaryl/α,β-unsaturated/α-hetero) is 1. The molecule has 0 bridgehead atoms. The van der Waals surface area contributed by atoms with E-state index in [4.69, 9.17) is 50.1 Å². The van der Waals surface area contributed by atoms with Crippen molar-refractivity contribution in [3.63, 3.8) is 0 Å². The third-order valence-electron chi connectivity index (χ3n) is 13.4. The van der Waals surface area contributed by atoms with E-state index in [2.05, 4.69) is 51.1 Å². The molecule has 13 heteroatoms. The molecule has 55 heavy (non-hydrogen) atoms. The minimum absolute atomic E-state index is 0.0281. The van der Waals surface area contributed by atoms with Gasteiger partial charge in [0.15, 0.2) is 24.5 Å². The zero-order valence-electron chi connectivity index (χ0n) is 34.3. The first-order valence-electron chi connectivity index (χ1n) is 20.6. The van der Waals surface area contributed by atoms with Crippen molar-refractivity contribution in [1.29, 1.82) is 0 Å². The molecule has 0 amide bonds. The number of allylic oxidation sites excluding steroid dienone is 4. The number of thioether (sulfide) groups is 1. The van der Waals surface area contributed by atoms with Gasteiger partial charge >= 0.3 is 5.97 Å². The van der Waals surface area contributed by atoms with Gasteiger partial charge in [-0.25, -0.2) is 0 Å². The summed E-state index contributed by atoms with van der Waals surface area (Å²) in [5, 5.41) is 0. The molecule has 0 spiro atoms. The maximum absolute atomic E-state index is 14.7. The molecule has 3 aliphatic carbocycles. The van der Waals surface area contributed by atoms with Gasteiger partial charge in [0.25, 0.3) is 0 Å². The van der Waals surface area contributed by atoms with E-state index in [1.165, 1.54) is 11.8 Å². The van der Waals surface area contributed by atoms with Crippen LogP contribution >= 0.6 is 24.0 Å². The lowest BCUT2D eigenvalue weighted by Crippen LogP contribution is -2.60. The minimum Gasteiger partial charge on any atom is -0.470 e. The van der Waals surface area contributed by atoms with Crippen molar-refractivity contribution in [2.24, 2.45) is 35.5 Å². The molecule has 6 rings (SSSR count). The van der Waals surface area contributed by atoms with Gasteiger partial charge in [0, 0.05) is 32.1 Å². The molecular formula is C42H65NO10S2.